The lowest BCUT2D eigenvalue weighted by Crippen LogP contribution is -2.22. The highest BCUT2D eigenvalue weighted by atomic mass is 19.1. The fourth-order valence-electron chi connectivity index (χ4n) is 2.22. The molecule has 0 heterocycles. The molecule has 26 heavy (non-hydrogen) atoms. The number of likely N-dealkylation sites (N-methyl/N-ethyl adjacent to an activating group) is 1. The van der Waals surface area contributed by atoms with E-state index in [0.29, 0.717) is 11.1 Å². The van der Waals surface area contributed by atoms with E-state index in [0.717, 1.165) is 11.1 Å². The summed E-state index contributed by atoms with van der Waals surface area (Å²) in [6, 6.07) is 12.9. The van der Waals surface area contributed by atoms with Crippen molar-refractivity contribution in [3.05, 3.63) is 77.1 Å². The van der Waals surface area contributed by atoms with E-state index in [9.17, 15) is 14.0 Å². The lowest BCUT2D eigenvalue weighted by atomic mass is 10.0. The number of carbonyl (C=O) groups is 2. The van der Waals surface area contributed by atoms with Gasteiger partial charge in [-0.3, -0.25) is 14.8 Å². The fourth-order valence-corrected chi connectivity index (χ4v) is 2.22. The standard InChI is InChI=1S/C20H19FN2O3/c1-23(2)20(25)18(16-8-10-17(21)11-9-16)13-15-5-3-14(4-6-15)7-12-19(24)22-26/h3-13,26H,1-2H3,(H,22,24). The van der Waals surface area contributed by atoms with Gasteiger partial charge in [-0.1, -0.05) is 36.4 Å². The molecule has 2 N–H and O–H groups in total. The number of hydroxylamine groups is 1. The van der Waals surface area contributed by atoms with Gasteiger partial charge in [0, 0.05) is 25.7 Å². The van der Waals surface area contributed by atoms with Crippen LogP contribution in [-0.2, 0) is 9.59 Å². The van der Waals surface area contributed by atoms with Crippen molar-refractivity contribution in [2.45, 2.75) is 0 Å². The van der Waals surface area contributed by atoms with E-state index in [1.807, 2.05) is 0 Å². The van der Waals surface area contributed by atoms with Crippen LogP contribution >= 0.6 is 0 Å². The molecule has 2 aromatic carbocycles. The third-order valence-corrected chi connectivity index (χ3v) is 3.58. The summed E-state index contributed by atoms with van der Waals surface area (Å²) in [7, 11) is 3.31. The van der Waals surface area contributed by atoms with Crippen molar-refractivity contribution >= 4 is 29.5 Å². The lowest BCUT2D eigenvalue weighted by Gasteiger charge is -2.14. The zero-order valence-corrected chi connectivity index (χ0v) is 14.4. The number of halogens is 1. The molecule has 0 aliphatic rings. The number of benzene rings is 2. The van der Waals surface area contributed by atoms with Crippen LogP contribution in [0.2, 0.25) is 0 Å². The molecule has 0 saturated heterocycles. The van der Waals surface area contributed by atoms with Crippen LogP contribution in [0, 0.1) is 5.82 Å². The number of hydrogen-bond acceptors (Lipinski definition) is 3. The summed E-state index contributed by atoms with van der Waals surface area (Å²) in [4.78, 5) is 24.9. The zero-order valence-electron chi connectivity index (χ0n) is 14.4. The molecule has 134 valence electrons. The molecule has 0 saturated carbocycles. The molecule has 0 bridgehead atoms. The monoisotopic (exact) mass is 354 g/mol. The summed E-state index contributed by atoms with van der Waals surface area (Å²) in [5.41, 5.74) is 4.11. The minimum Gasteiger partial charge on any atom is -0.345 e. The third kappa shape index (κ3) is 5.12. The van der Waals surface area contributed by atoms with Gasteiger partial charge in [0.1, 0.15) is 5.82 Å². The van der Waals surface area contributed by atoms with Gasteiger partial charge in [0.25, 0.3) is 11.8 Å². The zero-order chi connectivity index (χ0) is 19.1. The summed E-state index contributed by atoms with van der Waals surface area (Å²) in [6.45, 7) is 0. The van der Waals surface area contributed by atoms with Crippen LogP contribution in [0.5, 0.6) is 0 Å². The Morgan fingerprint density at radius 3 is 2.12 bits per heavy atom. The maximum absolute atomic E-state index is 13.2. The van der Waals surface area contributed by atoms with Crippen molar-refractivity contribution in [2.75, 3.05) is 14.1 Å². The Morgan fingerprint density at radius 1 is 1.00 bits per heavy atom. The van der Waals surface area contributed by atoms with Crippen LogP contribution in [0.1, 0.15) is 16.7 Å². The van der Waals surface area contributed by atoms with Crippen LogP contribution in [0.4, 0.5) is 4.39 Å². The quantitative estimate of drug-likeness (QED) is 0.375. The van der Waals surface area contributed by atoms with Crippen LogP contribution in [0.15, 0.2) is 54.6 Å². The van der Waals surface area contributed by atoms with Gasteiger partial charge in [0.15, 0.2) is 0 Å². The second-order valence-electron chi connectivity index (χ2n) is 5.74. The molecule has 0 aliphatic heterocycles. The summed E-state index contributed by atoms with van der Waals surface area (Å²) in [5.74, 6) is -1.18. The van der Waals surface area contributed by atoms with E-state index in [1.54, 1.807) is 62.6 Å². The second kappa shape index (κ2) is 8.73. The predicted octanol–water partition coefficient (Wildman–Crippen LogP) is 2.97. The molecule has 5 nitrogen and oxygen atoms in total. The predicted molar refractivity (Wildman–Crippen MR) is 98.4 cm³/mol. The minimum atomic E-state index is -0.621. The third-order valence-electron chi connectivity index (χ3n) is 3.58. The topological polar surface area (TPSA) is 69.6 Å². The van der Waals surface area contributed by atoms with Gasteiger partial charge in [-0.15, -0.1) is 0 Å². The number of rotatable bonds is 5. The first-order chi connectivity index (χ1) is 12.4. The van der Waals surface area contributed by atoms with Crippen molar-refractivity contribution < 1.29 is 19.2 Å². The first-order valence-corrected chi connectivity index (χ1v) is 7.82. The lowest BCUT2D eigenvalue weighted by molar-refractivity contribution is -0.124. The van der Waals surface area contributed by atoms with Gasteiger partial charge in [-0.25, -0.2) is 9.87 Å². The van der Waals surface area contributed by atoms with Crippen molar-refractivity contribution in [1.29, 1.82) is 0 Å². The molecule has 2 aromatic rings. The van der Waals surface area contributed by atoms with Crippen LogP contribution in [0.25, 0.3) is 17.7 Å². The number of hydrogen-bond donors (Lipinski definition) is 2. The summed E-state index contributed by atoms with van der Waals surface area (Å²) < 4.78 is 13.2. The Morgan fingerprint density at radius 2 is 1.58 bits per heavy atom. The molecule has 0 spiro atoms. The average Bonchev–Trinajstić information content (AvgIpc) is 2.65. The maximum Gasteiger partial charge on any atom is 0.267 e. The molecule has 0 unspecified atom stereocenters. The molecule has 2 amide bonds. The highest BCUT2D eigenvalue weighted by Crippen LogP contribution is 2.21. The first-order valence-electron chi connectivity index (χ1n) is 7.82. The van der Waals surface area contributed by atoms with E-state index in [1.165, 1.54) is 28.6 Å². The normalized spacial score (nSPS) is 11.5. The minimum absolute atomic E-state index is 0.194. The van der Waals surface area contributed by atoms with E-state index in [4.69, 9.17) is 5.21 Å². The highest BCUT2D eigenvalue weighted by Gasteiger charge is 2.14. The Hall–Kier alpha value is -3.25. The molecule has 2 rings (SSSR count). The molecular formula is C20H19FN2O3. The van der Waals surface area contributed by atoms with Crippen molar-refractivity contribution in [2.24, 2.45) is 0 Å². The molecule has 0 radical (unpaired) electrons. The molecule has 6 heteroatoms. The van der Waals surface area contributed by atoms with Crippen LogP contribution in [0.3, 0.4) is 0 Å². The summed E-state index contributed by atoms with van der Waals surface area (Å²) in [5, 5.41) is 8.46. The van der Waals surface area contributed by atoms with E-state index < -0.39 is 5.91 Å². The maximum atomic E-state index is 13.2. The SMILES string of the molecule is CN(C)C(=O)C(=Cc1ccc(C=CC(=O)NO)cc1)c1ccc(F)cc1. The van der Waals surface area contributed by atoms with E-state index in [2.05, 4.69) is 0 Å². The number of nitrogens with one attached hydrogen (secondary N) is 1. The molecular weight excluding hydrogens is 335 g/mol. The smallest absolute Gasteiger partial charge is 0.267 e. The van der Waals surface area contributed by atoms with Crippen molar-refractivity contribution in [3.63, 3.8) is 0 Å². The molecule has 0 atom stereocenters. The van der Waals surface area contributed by atoms with Gasteiger partial charge in [0.05, 0.1) is 0 Å². The van der Waals surface area contributed by atoms with Crippen LogP contribution < -0.4 is 5.48 Å². The van der Waals surface area contributed by atoms with Crippen molar-refractivity contribution in [1.82, 2.24) is 10.4 Å². The van der Waals surface area contributed by atoms with Gasteiger partial charge in [0.2, 0.25) is 0 Å². The summed E-state index contributed by atoms with van der Waals surface area (Å²) >= 11 is 0. The van der Waals surface area contributed by atoms with Crippen LogP contribution in [-0.4, -0.2) is 36.0 Å². The number of carbonyl (C=O) groups excluding carboxylic acids is 2. The summed E-state index contributed by atoms with van der Waals surface area (Å²) in [6.07, 6.45) is 4.47. The van der Waals surface area contributed by atoms with Crippen molar-refractivity contribution in [3.8, 4) is 0 Å². The van der Waals surface area contributed by atoms with Gasteiger partial charge >= 0.3 is 0 Å². The Kier molecular flexibility index (Phi) is 6.41. The Bertz CT molecular complexity index is 838. The second-order valence-corrected chi connectivity index (χ2v) is 5.74. The van der Waals surface area contributed by atoms with Gasteiger partial charge in [-0.05, 0) is 41.0 Å². The molecule has 0 fully saturated rings. The highest BCUT2D eigenvalue weighted by molar-refractivity contribution is 6.24. The van der Waals surface area contributed by atoms with Gasteiger partial charge < -0.3 is 4.90 Å². The Labute approximate surface area is 151 Å². The fraction of sp³-hybridized carbons (Fsp3) is 0.100. The first kappa shape index (κ1) is 19.1. The Balaban J connectivity index is 2.34. The average molecular weight is 354 g/mol. The molecule has 0 aromatic heterocycles. The van der Waals surface area contributed by atoms with E-state index in [-0.39, 0.29) is 11.7 Å². The van der Waals surface area contributed by atoms with Gasteiger partial charge in [-0.2, -0.15) is 0 Å². The van der Waals surface area contributed by atoms with E-state index >= 15 is 0 Å². The number of nitrogens with zero attached hydrogens (tertiary/aromatic N) is 1. The largest absolute Gasteiger partial charge is 0.345 e. The molecule has 0 aliphatic carbocycles. The number of amides is 2.